The van der Waals surface area contributed by atoms with Crippen molar-refractivity contribution in [2.75, 3.05) is 42.3 Å². The smallest absolute Gasteiger partial charge is 0.257 e. The summed E-state index contributed by atoms with van der Waals surface area (Å²) in [5.74, 6) is -0.255. The molecule has 2 aromatic carbocycles. The summed E-state index contributed by atoms with van der Waals surface area (Å²) in [5, 5.41) is 3.24. The molecular formula is C17H18ClN3O2. The van der Waals surface area contributed by atoms with E-state index >= 15 is 0 Å². The Kier molecular flexibility index (Phi) is 4.69. The maximum Gasteiger partial charge on any atom is 0.257 e. The fourth-order valence-electron chi connectivity index (χ4n) is 2.57. The van der Waals surface area contributed by atoms with Crippen LogP contribution in [0.4, 0.5) is 17.1 Å². The van der Waals surface area contributed by atoms with Gasteiger partial charge in [0, 0.05) is 18.8 Å². The molecule has 23 heavy (non-hydrogen) atoms. The highest BCUT2D eigenvalue weighted by molar-refractivity contribution is 6.34. The van der Waals surface area contributed by atoms with Crippen LogP contribution in [0.3, 0.4) is 0 Å². The number of morpholine rings is 1. The van der Waals surface area contributed by atoms with E-state index in [2.05, 4.69) is 10.2 Å². The summed E-state index contributed by atoms with van der Waals surface area (Å²) in [4.78, 5) is 14.4. The minimum atomic E-state index is -0.255. The van der Waals surface area contributed by atoms with Crippen LogP contribution >= 0.6 is 11.6 Å². The molecule has 0 bridgehead atoms. The Morgan fingerprint density at radius 3 is 2.61 bits per heavy atom. The van der Waals surface area contributed by atoms with Gasteiger partial charge in [-0.1, -0.05) is 23.7 Å². The van der Waals surface area contributed by atoms with Crippen molar-refractivity contribution in [2.45, 2.75) is 0 Å². The third kappa shape index (κ3) is 3.57. The first-order valence-corrected chi connectivity index (χ1v) is 7.81. The number of halogens is 1. The van der Waals surface area contributed by atoms with Crippen LogP contribution in [0.15, 0.2) is 42.5 Å². The minimum Gasteiger partial charge on any atom is -0.397 e. The Hall–Kier alpha value is -2.24. The molecule has 0 unspecified atom stereocenters. The van der Waals surface area contributed by atoms with Crippen LogP contribution in [0.1, 0.15) is 10.4 Å². The van der Waals surface area contributed by atoms with Crippen LogP contribution in [0, 0.1) is 0 Å². The molecule has 0 aromatic heterocycles. The van der Waals surface area contributed by atoms with E-state index in [1.165, 1.54) is 0 Å². The summed E-state index contributed by atoms with van der Waals surface area (Å²) in [6.07, 6.45) is 0. The topological polar surface area (TPSA) is 67.6 Å². The zero-order chi connectivity index (χ0) is 16.2. The Bertz CT molecular complexity index is 715. The standard InChI is InChI=1S/C17H18ClN3O2/c18-14-4-2-1-3-13(14)17(22)20-12-5-6-16(15(19)11-12)21-7-9-23-10-8-21/h1-6,11H,7-10,19H2,(H,20,22). The molecule has 1 amide bonds. The number of carbonyl (C=O) groups is 1. The van der Waals surface area contributed by atoms with Gasteiger partial charge in [0.1, 0.15) is 0 Å². The van der Waals surface area contributed by atoms with Crippen molar-refractivity contribution in [3.05, 3.63) is 53.1 Å². The summed E-state index contributed by atoms with van der Waals surface area (Å²) >= 11 is 6.04. The van der Waals surface area contributed by atoms with Crippen molar-refractivity contribution in [1.82, 2.24) is 0 Å². The average Bonchev–Trinajstić information content (AvgIpc) is 2.56. The van der Waals surface area contributed by atoms with Gasteiger partial charge in [0.05, 0.1) is 35.2 Å². The quantitative estimate of drug-likeness (QED) is 0.848. The predicted octanol–water partition coefficient (Wildman–Crippen LogP) is 3.01. The number of nitrogen functional groups attached to an aromatic ring is 1. The third-order valence-corrected chi connectivity index (χ3v) is 4.09. The van der Waals surface area contributed by atoms with E-state index in [0.29, 0.717) is 35.2 Å². The highest BCUT2D eigenvalue weighted by atomic mass is 35.5. The second-order valence-corrected chi connectivity index (χ2v) is 5.71. The molecule has 2 aromatic rings. The van der Waals surface area contributed by atoms with Crippen molar-refractivity contribution < 1.29 is 9.53 Å². The molecule has 0 aliphatic carbocycles. The lowest BCUT2D eigenvalue weighted by Gasteiger charge is -2.30. The van der Waals surface area contributed by atoms with Crippen LogP contribution in [0.25, 0.3) is 0 Å². The number of carbonyl (C=O) groups excluding carboxylic acids is 1. The van der Waals surface area contributed by atoms with Gasteiger partial charge in [-0.15, -0.1) is 0 Å². The second-order valence-electron chi connectivity index (χ2n) is 5.31. The van der Waals surface area contributed by atoms with Gasteiger partial charge in [0.2, 0.25) is 0 Å². The Balaban J connectivity index is 1.75. The van der Waals surface area contributed by atoms with Crippen molar-refractivity contribution in [3.8, 4) is 0 Å². The molecule has 1 heterocycles. The van der Waals surface area contributed by atoms with Gasteiger partial charge in [-0.2, -0.15) is 0 Å². The van der Waals surface area contributed by atoms with Crippen molar-refractivity contribution in [2.24, 2.45) is 0 Å². The van der Waals surface area contributed by atoms with Crippen LogP contribution < -0.4 is 16.0 Å². The lowest BCUT2D eigenvalue weighted by molar-refractivity contribution is 0.102. The molecule has 0 saturated carbocycles. The molecular weight excluding hydrogens is 314 g/mol. The number of amides is 1. The summed E-state index contributed by atoms with van der Waals surface area (Å²) < 4.78 is 5.35. The first-order valence-electron chi connectivity index (χ1n) is 7.43. The summed E-state index contributed by atoms with van der Waals surface area (Å²) in [5.41, 5.74) is 8.81. The normalized spacial score (nSPS) is 14.6. The van der Waals surface area contributed by atoms with Crippen molar-refractivity contribution in [1.29, 1.82) is 0 Å². The van der Waals surface area contributed by atoms with Gasteiger partial charge < -0.3 is 20.7 Å². The van der Waals surface area contributed by atoms with E-state index in [-0.39, 0.29) is 5.91 Å². The lowest BCUT2D eigenvalue weighted by atomic mass is 10.2. The van der Waals surface area contributed by atoms with E-state index in [1.807, 2.05) is 12.1 Å². The maximum atomic E-state index is 12.3. The molecule has 3 N–H and O–H groups in total. The zero-order valence-corrected chi connectivity index (χ0v) is 13.3. The molecule has 1 fully saturated rings. The molecule has 1 aliphatic rings. The number of hydrogen-bond donors (Lipinski definition) is 2. The second kappa shape index (κ2) is 6.89. The highest BCUT2D eigenvalue weighted by Crippen LogP contribution is 2.28. The van der Waals surface area contributed by atoms with Crippen LogP contribution in [0.2, 0.25) is 5.02 Å². The van der Waals surface area contributed by atoms with Gasteiger partial charge in [0.25, 0.3) is 5.91 Å². The Morgan fingerprint density at radius 2 is 1.91 bits per heavy atom. The minimum absolute atomic E-state index is 0.255. The molecule has 6 heteroatoms. The summed E-state index contributed by atoms with van der Waals surface area (Å²) in [6, 6.07) is 12.5. The monoisotopic (exact) mass is 331 g/mol. The van der Waals surface area contributed by atoms with Crippen LogP contribution in [0.5, 0.6) is 0 Å². The number of nitrogens with zero attached hydrogens (tertiary/aromatic N) is 1. The first kappa shape index (κ1) is 15.6. The van der Waals surface area contributed by atoms with E-state index in [1.54, 1.807) is 30.3 Å². The van der Waals surface area contributed by atoms with E-state index in [4.69, 9.17) is 22.1 Å². The zero-order valence-electron chi connectivity index (χ0n) is 12.6. The van der Waals surface area contributed by atoms with E-state index in [9.17, 15) is 4.79 Å². The molecule has 5 nitrogen and oxygen atoms in total. The highest BCUT2D eigenvalue weighted by Gasteiger charge is 2.15. The fraction of sp³-hybridized carbons (Fsp3) is 0.235. The number of nitrogens with one attached hydrogen (secondary N) is 1. The van der Waals surface area contributed by atoms with Gasteiger partial charge in [-0.05, 0) is 30.3 Å². The number of rotatable bonds is 3. The number of hydrogen-bond acceptors (Lipinski definition) is 4. The largest absolute Gasteiger partial charge is 0.397 e. The van der Waals surface area contributed by atoms with Gasteiger partial charge in [-0.3, -0.25) is 4.79 Å². The Labute approximate surface area is 140 Å². The predicted molar refractivity (Wildman–Crippen MR) is 93.3 cm³/mol. The number of benzene rings is 2. The molecule has 3 rings (SSSR count). The molecule has 0 spiro atoms. The fourth-order valence-corrected chi connectivity index (χ4v) is 2.79. The molecule has 0 atom stereocenters. The summed E-state index contributed by atoms with van der Waals surface area (Å²) in [7, 11) is 0. The number of nitrogens with two attached hydrogens (primary N) is 1. The van der Waals surface area contributed by atoms with E-state index in [0.717, 1.165) is 18.8 Å². The molecule has 1 saturated heterocycles. The lowest BCUT2D eigenvalue weighted by Crippen LogP contribution is -2.36. The van der Waals surface area contributed by atoms with Gasteiger partial charge in [0.15, 0.2) is 0 Å². The van der Waals surface area contributed by atoms with Crippen molar-refractivity contribution >= 4 is 34.6 Å². The average molecular weight is 332 g/mol. The number of anilines is 3. The maximum absolute atomic E-state index is 12.3. The summed E-state index contributed by atoms with van der Waals surface area (Å²) in [6.45, 7) is 3.03. The SMILES string of the molecule is Nc1cc(NC(=O)c2ccccc2Cl)ccc1N1CCOCC1. The van der Waals surface area contributed by atoms with Crippen LogP contribution in [-0.2, 0) is 4.74 Å². The first-order chi connectivity index (χ1) is 11.1. The van der Waals surface area contributed by atoms with E-state index < -0.39 is 0 Å². The van der Waals surface area contributed by atoms with Gasteiger partial charge in [-0.25, -0.2) is 0 Å². The molecule has 1 aliphatic heterocycles. The molecule has 120 valence electrons. The Morgan fingerprint density at radius 1 is 1.17 bits per heavy atom. The van der Waals surface area contributed by atoms with Crippen LogP contribution in [-0.4, -0.2) is 32.2 Å². The number of ether oxygens (including phenoxy) is 1. The third-order valence-electron chi connectivity index (χ3n) is 3.76. The molecule has 0 radical (unpaired) electrons. The van der Waals surface area contributed by atoms with Gasteiger partial charge >= 0.3 is 0 Å². The van der Waals surface area contributed by atoms with Crippen molar-refractivity contribution in [3.63, 3.8) is 0 Å².